The van der Waals surface area contributed by atoms with Crippen molar-refractivity contribution in [1.82, 2.24) is 38.6 Å². The maximum Gasteiger partial charge on any atom is 0.328 e. The SMILES string of the molecule is CCOC(=O)CCCBr.CCOC(=O)CCCn1cc(F)c(=O)[nH]c1=O.O=C(CCCn1cc(F)c(=O)[nH]c1=O)OC1C(=O)CCC1=O.O=C(O)CCCn1cc(F)c(=O)[nH]c1=O.O=c1[nH]cc(F)c(=O)[nH]1. The molecule has 6 N–H and O–H groups in total. The van der Waals surface area contributed by atoms with Gasteiger partial charge in [0.25, 0.3) is 22.2 Å². The fourth-order valence-corrected chi connectivity index (χ4v) is 5.50. The van der Waals surface area contributed by atoms with Crippen LogP contribution >= 0.6 is 15.9 Å². The van der Waals surface area contributed by atoms with Gasteiger partial charge in [0.05, 0.1) is 31.8 Å². The second-order valence-electron chi connectivity index (χ2n) is 14.1. The molecule has 1 aliphatic rings. The zero-order valence-corrected chi connectivity index (χ0v) is 39.9. The Balaban J connectivity index is 0.000000469. The van der Waals surface area contributed by atoms with Crippen molar-refractivity contribution in [3.63, 3.8) is 0 Å². The molecule has 396 valence electrons. The number of carbonyl (C=O) groups is 6. The highest BCUT2D eigenvalue weighted by Gasteiger charge is 2.36. The van der Waals surface area contributed by atoms with Gasteiger partial charge in [0.15, 0.2) is 11.6 Å². The van der Waals surface area contributed by atoms with Gasteiger partial charge in [-0.15, -0.1) is 0 Å². The van der Waals surface area contributed by atoms with Crippen molar-refractivity contribution < 1.29 is 65.6 Å². The van der Waals surface area contributed by atoms with Crippen LogP contribution in [0.1, 0.15) is 78.1 Å². The number of nitrogens with one attached hydrogen (secondary N) is 5. The smallest absolute Gasteiger partial charge is 0.328 e. The third kappa shape index (κ3) is 24.1. The first-order chi connectivity index (χ1) is 33.9. The summed E-state index contributed by atoms with van der Waals surface area (Å²) < 4.78 is 67.6. The number of H-pyrrole nitrogens is 5. The lowest BCUT2D eigenvalue weighted by atomic mass is 10.2. The van der Waals surface area contributed by atoms with E-state index in [0.29, 0.717) is 32.3 Å². The van der Waals surface area contributed by atoms with Gasteiger partial charge in [-0.2, -0.15) is 17.6 Å². The van der Waals surface area contributed by atoms with E-state index in [4.69, 9.17) is 14.6 Å². The van der Waals surface area contributed by atoms with Crippen molar-refractivity contribution >= 4 is 51.4 Å². The summed E-state index contributed by atoms with van der Waals surface area (Å²) in [6.07, 6.45) is 3.79. The first kappa shape index (κ1) is 62.2. The van der Waals surface area contributed by atoms with E-state index < -0.39 is 97.9 Å². The highest BCUT2D eigenvalue weighted by atomic mass is 79.9. The number of halogens is 5. The Morgan fingerprint density at radius 1 is 0.569 bits per heavy atom. The highest BCUT2D eigenvalue weighted by molar-refractivity contribution is 9.09. The van der Waals surface area contributed by atoms with Crippen molar-refractivity contribution in [2.24, 2.45) is 0 Å². The monoisotopic (exact) mass is 1100 g/mol. The van der Waals surface area contributed by atoms with Crippen LogP contribution in [0.2, 0.25) is 0 Å². The number of alkyl halides is 1. The number of carboxylic acids is 1. The number of ketones is 2. The number of aryl methyl sites for hydroxylation is 3. The second-order valence-corrected chi connectivity index (χ2v) is 14.9. The molecule has 0 bridgehead atoms. The summed E-state index contributed by atoms with van der Waals surface area (Å²) in [7, 11) is 0. The van der Waals surface area contributed by atoms with Gasteiger partial charge in [-0.1, -0.05) is 15.9 Å². The van der Waals surface area contributed by atoms with Crippen LogP contribution in [0.25, 0.3) is 0 Å². The topological polar surface area (TPSA) is 381 Å². The molecule has 0 saturated heterocycles. The van der Waals surface area contributed by atoms with E-state index in [1.807, 2.05) is 16.9 Å². The van der Waals surface area contributed by atoms with Crippen molar-refractivity contribution in [1.29, 1.82) is 0 Å². The number of aromatic nitrogens is 8. The number of Topliss-reactive ketones (excluding diaryl/α,β-unsaturated/α-hetero) is 2. The Hall–Kier alpha value is -7.86. The summed E-state index contributed by atoms with van der Waals surface area (Å²) in [6, 6.07) is 0. The van der Waals surface area contributed by atoms with Crippen LogP contribution in [0, 0.1) is 23.3 Å². The van der Waals surface area contributed by atoms with Gasteiger partial charge in [0, 0.05) is 69.7 Å². The highest BCUT2D eigenvalue weighted by Crippen LogP contribution is 2.15. The first-order valence-electron chi connectivity index (χ1n) is 21.2. The summed E-state index contributed by atoms with van der Waals surface area (Å²) in [5.74, 6) is -7.24. The van der Waals surface area contributed by atoms with Gasteiger partial charge in [0.2, 0.25) is 29.4 Å². The number of carbonyl (C=O) groups excluding carboxylic acids is 5. The number of rotatable bonds is 18. The number of aromatic amines is 5. The van der Waals surface area contributed by atoms with Crippen LogP contribution < -0.4 is 45.0 Å². The number of hydrogen-bond acceptors (Lipinski definition) is 17. The van der Waals surface area contributed by atoms with E-state index in [1.54, 1.807) is 21.9 Å². The number of nitrogens with zero attached hydrogens (tertiary/aromatic N) is 3. The molecule has 0 aliphatic heterocycles. The van der Waals surface area contributed by atoms with Gasteiger partial charge in [-0.05, 0) is 39.5 Å². The molecule has 0 spiro atoms. The number of ether oxygens (including phenoxy) is 3. The summed E-state index contributed by atoms with van der Waals surface area (Å²) >= 11 is 3.22. The van der Waals surface area contributed by atoms with E-state index in [0.717, 1.165) is 44.0 Å². The molecule has 1 saturated carbocycles. The minimum atomic E-state index is -1.32. The van der Waals surface area contributed by atoms with Crippen LogP contribution in [-0.2, 0) is 62.6 Å². The normalized spacial score (nSPS) is 11.5. The van der Waals surface area contributed by atoms with E-state index in [2.05, 4.69) is 20.7 Å². The molecule has 4 aromatic rings. The molecular weight excluding hydrogens is 1050 g/mol. The lowest BCUT2D eigenvalue weighted by Crippen LogP contribution is -2.32. The predicted molar refractivity (Wildman–Crippen MR) is 242 cm³/mol. The Morgan fingerprint density at radius 3 is 1.28 bits per heavy atom. The van der Waals surface area contributed by atoms with E-state index >= 15 is 0 Å². The molecule has 31 heteroatoms. The molecular formula is C41H49BrF4N8O18. The fraction of sp³-hybridized carbons (Fsp3) is 0.463. The minimum Gasteiger partial charge on any atom is -0.481 e. The van der Waals surface area contributed by atoms with E-state index in [9.17, 15) is 84.7 Å². The van der Waals surface area contributed by atoms with E-state index in [-0.39, 0.29) is 76.5 Å². The zero-order valence-electron chi connectivity index (χ0n) is 38.3. The lowest BCUT2D eigenvalue weighted by molar-refractivity contribution is -0.157. The summed E-state index contributed by atoms with van der Waals surface area (Å²) in [5.41, 5.74) is -7.17. The second kappa shape index (κ2) is 32.9. The molecule has 0 amide bonds. The summed E-state index contributed by atoms with van der Waals surface area (Å²) in [5, 5.41) is 9.21. The van der Waals surface area contributed by atoms with Gasteiger partial charge in [0.1, 0.15) is 0 Å². The van der Waals surface area contributed by atoms with Crippen LogP contribution in [0.4, 0.5) is 17.6 Å². The predicted octanol–water partition coefficient (Wildman–Crippen LogP) is -0.214. The zero-order chi connectivity index (χ0) is 54.5. The molecule has 26 nitrogen and oxygen atoms in total. The minimum absolute atomic E-state index is 0.0196. The number of hydrogen-bond donors (Lipinski definition) is 6. The average molecular weight is 1100 g/mol. The van der Waals surface area contributed by atoms with Crippen molar-refractivity contribution in [3.8, 4) is 0 Å². The molecule has 0 atom stereocenters. The lowest BCUT2D eigenvalue weighted by Gasteiger charge is -2.09. The molecule has 0 unspecified atom stereocenters. The average Bonchev–Trinajstić information content (AvgIpc) is 3.62. The van der Waals surface area contributed by atoms with Crippen LogP contribution in [0.5, 0.6) is 0 Å². The van der Waals surface area contributed by atoms with Crippen LogP contribution in [-0.4, -0.2) is 104 Å². The Kier molecular flexibility index (Phi) is 28.4. The Labute approximate surface area is 408 Å². The maximum atomic E-state index is 13.0. The Morgan fingerprint density at radius 2 is 0.931 bits per heavy atom. The third-order valence-electron chi connectivity index (χ3n) is 8.60. The van der Waals surface area contributed by atoms with Gasteiger partial charge >= 0.3 is 46.6 Å². The standard InChI is InChI=1S/C13H13FN2O6.C10H13FN2O4.C8H9FN2O4.C6H11BrO2.C4H3FN2O2/c14-7-6-16(13(21)15-12(7)20)5-1-2-10(19)22-11-8(17)3-4-9(11)18;1-2-17-8(14)4-3-5-13-6-7(11)9(15)12-10(13)16;9-5-4-11(3-1-2-6(12)13)8(15)10-7(5)14;1-2-9-6(8)4-3-5-7;5-2-1-6-4(9)7-3(2)8/h6,11H,1-5H2,(H,15,20,21);6H,2-5H2,1H3,(H,12,15,16);4H,1-3H2,(H,12,13)(H,10,14,15);2-5H2,1H3;1H,(H2,6,7,8,9). The van der Waals surface area contributed by atoms with Crippen LogP contribution in [0.15, 0.2) is 63.1 Å². The van der Waals surface area contributed by atoms with Crippen molar-refractivity contribution in [3.05, 3.63) is 131 Å². The molecule has 4 heterocycles. The quantitative estimate of drug-likeness (QED) is 0.0247. The molecule has 0 radical (unpaired) electrons. The van der Waals surface area contributed by atoms with Crippen molar-refractivity contribution in [2.45, 2.75) is 104 Å². The van der Waals surface area contributed by atoms with Gasteiger partial charge in [-0.3, -0.25) is 81.6 Å². The molecule has 0 aromatic carbocycles. The summed E-state index contributed by atoms with van der Waals surface area (Å²) in [6.45, 7) is 4.47. The Bertz CT molecular complexity index is 2960. The first-order valence-corrected chi connectivity index (χ1v) is 22.4. The van der Waals surface area contributed by atoms with E-state index in [1.165, 1.54) is 0 Å². The van der Waals surface area contributed by atoms with Gasteiger partial charge < -0.3 is 24.3 Å². The molecule has 4 aromatic heterocycles. The fourth-order valence-electron chi connectivity index (χ4n) is 5.22. The third-order valence-corrected chi connectivity index (χ3v) is 9.16. The molecule has 1 fully saturated rings. The summed E-state index contributed by atoms with van der Waals surface area (Å²) in [4.78, 5) is 161. The maximum absolute atomic E-state index is 13.0. The number of esters is 3. The van der Waals surface area contributed by atoms with Crippen molar-refractivity contribution in [2.75, 3.05) is 18.5 Å². The van der Waals surface area contributed by atoms with Crippen LogP contribution in [0.3, 0.4) is 0 Å². The number of aliphatic carboxylic acids is 1. The largest absolute Gasteiger partial charge is 0.481 e. The molecule has 1 aliphatic carbocycles. The number of carboxylic acid groups (broad SMARTS) is 1. The molecule has 72 heavy (non-hydrogen) atoms. The van der Waals surface area contributed by atoms with Gasteiger partial charge in [-0.25, -0.2) is 19.2 Å². The molecule has 5 rings (SSSR count).